The molecule has 0 saturated carbocycles. The average molecular weight is 449 g/mol. The van der Waals surface area contributed by atoms with E-state index in [1.54, 1.807) is 54.2 Å². The molecule has 3 aromatic heterocycles. The molecule has 0 spiro atoms. The van der Waals surface area contributed by atoms with Crippen molar-refractivity contribution in [2.75, 3.05) is 11.9 Å². The van der Waals surface area contributed by atoms with E-state index in [2.05, 4.69) is 20.7 Å². The van der Waals surface area contributed by atoms with E-state index in [4.69, 9.17) is 4.98 Å². The van der Waals surface area contributed by atoms with Crippen LogP contribution in [0.3, 0.4) is 0 Å². The highest BCUT2D eigenvalue weighted by atomic mass is 19.1. The lowest BCUT2D eigenvalue weighted by atomic mass is 10.0. The number of fused-ring (bicyclic) bond motifs is 1. The predicted molar refractivity (Wildman–Crippen MR) is 124 cm³/mol. The van der Waals surface area contributed by atoms with Crippen LogP contribution < -0.4 is 10.6 Å². The summed E-state index contributed by atoms with van der Waals surface area (Å²) < 4.78 is 15.6. The number of halogens is 1. The van der Waals surface area contributed by atoms with Crippen molar-refractivity contribution in [1.29, 1.82) is 0 Å². The molecule has 9 heteroatoms. The molecule has 0 fully saturated rings. The second-order valence-electron chi connectivity index (χ2n) is 8.13. The number of aliphatic hydroxyl groups is 1. The molecule has 3 N–H and O–H groups in total. The Kier molecular flexibility index (Phi) is 6.32. The summed E-state index contributed by atoms with van der Waals surface area (Å²) in [6.45, 7) is 5.37. The van der Waals surface area contributed by atoms with Gasteiger partial charge in [0, 0.05) is 23.5 Å². The molecule has 33 heavy (non-hydrogen) atoms. The second kappa shape index (κ2) is 9.33. The number of hydrogen-bond acceptors (Lipinski definition) is 5. The summed E-state index contributed by atoms with van der Waals surface area (Å²) in [5.74, 6) is 0.120. The molecule has 0 aliphatic carbocycles. The summed E-state index contributed by atoms with van der Waals surface area (Å²) in [6, 6.07) is 11.2. The third-order valence-corrected chi connectivity index (χ3v) is 5.42. The van der Waals surface area contributed by atoms with Crippen LogP contribution in [0.2, 0.25) is 0 Å². The van der Waals surface area contributed by atoms with Gasteiger partial charge in [-0.2, -0.15) is 5.10 Å². The van der Waals surface area contributed by atoms with E-state index in [0.29, 0.717) is 28.4 Å². The largest absolute Gasteiger partial charge is 0.394 e. The van der Waals surface area contributed by atoms with E-state index in [0.717, 1.165) is 11.1 Å². The van der Waals surface area contributed by atoms with Gasteiger partial charge in [-0.05, 0) is 60.9 Å². The molecule has 0 aliphatic heterocycles. The maximum Gasteiger partial charge on any atom is 0.320 e. The molecule has 3 heterocycles. The summed E-state index contributed by atoms with van der Waals surface area (Å²) in [6.07, 6.45) is 3.24. The number of aliphatic hydroxyl groups excluding tert-OH is 1. The van der Waals surface area contributed by atoms with Crippen molar-refractivity contribution in [3.8, 4) is 22.5 Å². The molecule has 4 rings (SSSR count). The number of carbonyl (C=O) groups is 1. The van der Waals surface area contributed by atoms with Crippen LogP contribution in [-0.2, 0) is 0 Å². The Bertz CT molecular complexity index is 1300. The van der Waals surface area contributed by atoms with E-state index in [9.17, 15) is 14.3 Å². The van der Waals surface area contributed by atoms with Gasteiger partial charge in [0.1, 0.15) is 17.3 Å². The van der Waals surface area contributed by atoms with Crippen molar-refractivity contribution in [2.24, 2.45) is 5.92 Å². The highest BCUT2D eigenvalue weighted by Crippen LogP contribution is 2.33. The number of carbonyl (C=O) groups excluding carboxylic acids is 1. The molecular formula is C24H25FN6O2. The number of pyridine rings is 1. The summed E-state index contributed by atoms with van der Waals surface area (Å²) in [4.78, 5) is 21.4. The van der Waals surface area contributed by atoms with Gasteiger partial charge in [0.15, 0.2) is 5.65 Å². The summed E-state index contributed by atoms with van der Waals surface area (Å²) in [5, 5.41) is 19.4. The number of hydrogen-bond donors (Lipinski definition) is 3. The van der Waals surface area contributed by atoms with Crippen LogP contribution >= 0.6 is 0 Å². The van der Waals surface area contributed by atoms with Crippen molar-refractivity contribution in [3.63, 3.8) is 0 Å². The quantitative estimate of drug-likeness (QED) is 0.413. The van der Waals surface area contributed by atoms with Crippen molar-refractivity contribution < 1.29 is 14.3 Å². The number of nitrogens with one attached hydrogen (secondary N) is 2. The predicted octanol–water partition coefficient (Wildman–Crippen LogP) is 4.04. The standard InChI is InChI=1S/C24H25FN6O2/c1-14(2)19(13-32)28-24(33)29-20-12-17(8-10-26-20)23-22(16-6-7-18(25)15(3)11-16)30-21-5-4-9-27-31(21)23/h4-12,14,19,32H,13H2,1-3H3,(H2,26,28,29,33). The van der Waals surface area contributed by atoms with Gasteiger partial charge in [-0.1, -0.05) is 13.8 Å². The highest BCUT2D eigenvalue weighted by molar-refractivity contribution is 5.90. The van der Waals surface area contributed by atoms with Crippen LogP contribution in [0.25, 0.3) is 28.2 Å². The summed E-state index contributed by atoms with van der Waals surface area (Å²) >= 11 is 0. The number of amides is 2. The van der Waals surface area contributed by atoms with Gasteiger partial charge >= 0.3 is 6.03 Å². The van der Waals surface area contributed by atoms with Crippen LogP contribution in [0.1, 0.15) is 19.4 Å². The third kappa shape index (κ3) is 4.68. The molecule has 170 valence electrons. The van der Waals surface area contributed by atoms with Gasteiger partial charge in [-0.25, -0.2) is 23.7 Å². The van der Waals surface area contributed by atoms with E-state index < -0.39 is 6.03 Å². The maximum atomic E-state index is 13.9. The molecule has 0 saturated heterocycles. The van der Waals surface area contributed by atoms with Crippen LogP contribution in [0.15, 0.2) is 54.9 Å². The van der Waals surface area contributed by atoms with Crippen LogP contribution in [0.4, 0.5) is 15.0 Å². The molecule has 4 aromatic rings. The monoisotopic (exact) mass is 448 g/mol. The first-order valence-electron chi connectivity index (χ1n) is 10.6. The number of aryl methyl sites for hydroxylation is 1. The zero-order valence-corrected chi connectivity index (χ0v) is 18.6. The first-order chi connectivity index (χ1) is 15.9. The number of urea groups is 1. The minimum absolute atomic E-state index is 0.0750. The lowest BCUT2D eigenvalue weighted by Crippen LogP contribution is -2.43. The zero-order chi connectivity index (χ0) is 23.5. The molecule has 1 unspecified atom stereocenters. The van der Waals surface area contributed by atoms with Crippen molar-refractivity contribution in [1.82, 2.24) is 24.9 Å². The number of benzene rings is 1. The Morgan fingerprint density at radius 3 is 2.70 bits per heavy atom. The Morgan fingerprint density at radius 2 is 1.97 bits per heavy atom. The minimum Gasteiger partial charge on any atom is -0.394 e. The first kappa shape index (κ1) is 22.3. The molecule has 0 radical (unpaired) electrons. The van der Waals surface area contributed by atoms with Gasteiger partial charge < -0.3 is 10.4 Å². The third-order valence-electron chi connectivity index (χ3n) is 5.42. The normalized spacial score (nSPS) is 12.2. The van der Waals surface area contributed by atoms with E-state index in [-0.39, 0.29) is 24.4 Å². The number of aromatic nitrogens is 4. The molecule has 1 aromatic carbocycles. The van der Waals surface area contributed by atoms with E-state index in [1.165, 1.54) is 6.07 Å². The SMILES string of the molecule is Cc1cc(-c2nc3cccnn3c2-c2ccnc(NC(=O)NC(CO)C(C)C)c2)ccc1F. The topological polar surface area (TPSA) is 104 Å². The Hall–Kier alpha value is -3.85. The maximum absolute atomic E-state index is 13.9. The van der Waals surface area contributed by atoms with Crippen molar-refractivity contribution in [3.05, 3.63) is 66.2 Å². The van der Waals surface area contributed by atoms with Crippen LogP contribution in [0, 0.1) is 18.7 Å². The zero-order valence-electron chi connectivity index (χ0n) is 18.6. The van der Waals surface area contributed by atoms with Crippen molar-refractivity contribution in [2.45, 2.75) is 26.8 Å². The van der Waals surface area contributed by atoms with Crippen LogP contribution in [-0.4, -0.2) is 43.4 Å². The van der Waals surface area contributed by atoms with Crippen molar-refractivity contribution >= 4 is 17.5 Å². The van der Waals surface area contributed by atoms with E-state index in [1.807, 2.05) is 19.9 Å². The molecule has 1 atom stereocenters. The fraction of sp³-hybridized carbons (Fsp3) is 0.250. The molecular weight excluding hydrogens is 423 g/mol. The van der Waals surface area contributed by atoms with Gasteiger partial charge in [-0.15, -0.1) is 0 Å². The first-order valence-corrected chi connectivity index (χ1v) is 10.6. The molecule has 0 aliphatic rings. The Balaban J connectivity index is 1.73. The van der Waals surface area contributed by atoms with E-state index >= 15 is 0 Å². The van der Waals surface area contributed by atoms with Gasteiger partial charge in [0.25, 0.3) is 0 Å². The minimum atomic E-state index is -0.460. The number of rotatable bonds is 6. The number of anilines is 1. The average Bonchev–Trinajstić information content (AvgIpc) is 3.19. The number of imidazole rings is 1. The lowest BCUT2D eigenvalue weighted by Gasteiger charge is -2.20. The molecule has 2 amide bonds. The second-order valence-corrected chi connectivity index (χ2v) is 8.13. The lowest BCUT2D eigenvalue weighted by molar-refractivity contribution is 0.204. The highest BCUT2D eigenvalue weighted by Gasteiger charge is 2.19. The molecule has 8 nitrogen and oxygen atoms in total. The molecule has 0 bridgehead atoms. The fourth-order valence-electron chi connectivity index (χ4n) is 3.53. The smallest absolute Gasteiger partial charge is 0.320 e. The number of nitrogens with zero attached hydrogens (tertiary/aromatic N) is 4. The fourth-order valence-corrected chi connectivity index (χ4v) is 3.53. The summed E-state index contributed by atoms with van der Waals surface area (Å²) in [5.41, 5.74) is 3.96. The van der Waals surface area contributed by atoms with Gasteiger partial charge in [0.2, 0.25) is 0 Å². The van der Waals surface area contributed by atoms with Gasteiger partial charge in [-0.3, -0.25) is 5.32 Å². The summed E-state index contributed by atoms with van der Waals surface area (Å²) in [7, 11) is 0. The Labute approximate surface area is 190 Å². The van der Waals surface area contributed by atoms with Gasteiger partial charge in [0.05, 0.1) is 18.3 Å². The Morgan fingerprint density at radius 1 is 1.15 bits per heavy atom. The van der Waals surface area contributed by atoms with Crippen LogP contribution in [0.5, 0.6) is 0 Å².